The first-order chi connectivity index (χ1) is 17.1. The number of thioether (sulfide) groups is 1. The molecule has 11 heteroatoms. The second-order valence-corrected chi connectivity index (χ2v) is 9.84. The number of nitrogens with one attached hydrogen (secondary N) is 1. The van der Waals surface area contributed by atoms with E-state index in [1.165, 1.54) is 0 Å². The topological polar surface area (TPSA) is 74.1 Å². The van der Waals surface area contributed by atoms with Gasteiger partial charge in [-0.1, -0.05) is 53.7 Å². The number of benzene rings is 3. The van der Waals surface area contributed by atoms with E-state index in [1.54, 1.807) is 16.4 Å². The van der Waals surface area contributed by atoms with Crippen LogP contribution in [0.4, 0.5) is 0 Å². The second kappa shape index (κ2) is 14.4. The molecule has 7 nitrogen and oxygen atoms in total. The van der Waals surface area contributed by atoms with Gasteiger partial charge < -0.3 is 14.8 Å². The number of nitrogens with zero attached hydrogens (tertiary/aromatic N) is 4. The summed E-state index contributed by atoms with van der Waals surface area (Å²) in [5.74, 6) is 2.23. The molecule has 0 unspecified atom stereocenters. The van der Waals surface area contributed by atoms with Crippen molar-refractivity contribution in [3.05, 3.63) is 87.4 Å². The Morgan fingerprint density at radius 2 is 1.81 bits per heavy atom. The van der Waals surface area contributed by atoms with Gasteiger partial charge in [0.1, 0.15) is 6.61 Å². The van der Waals surface area contributed by atoms with Gasteiger partial charge in [-0.3, -0.25) is 0 Å². The maximum atomic E-state index is 6.07. The van der Waals surface area contributed by atoms with Crippen LogP contribution in [-0.2, 0) is 13.2 Å². The van der Waals surface area contributed by atoms with Crippen LogP contribution in [0.2, 0.25) is 5.02 Å². The average molecular weight is 611 g/mol. The highest BCUT2D eigenvalue weighted by Crippen LogP contribution is 2.37. The smallest absolute Gasteiger partial charge is 0.214 e. The maximum Gasteiger partial charge on any atom is 0.214 e. The van der Waals surface area contributed by atoms with Gasteiger partial charge in [-0.25, -0.2) is 0 Å². The van der Waals surface area contributed by atoms with E-state index in [0.717, 1.165) is 38.7 Å². The summed E-state index contributed by atoms with van der Waals surface area (Å²) in [4.78, 5) is 0. The Morgan fingerprint density at radius 1 is 1.03 bits per heavy atom. The summed E-state index contributed by atoms with van der Waals surface area (Å²) in [5.41, 5.74) is 3.07. The summed E-state index contributed by atoms with van der Waals surface area (Å²) in [7, 11) is 0. The summed E-state index contributed by atoms with van der Waals surface area (Å²) in [6.07, 6.45) is 0. The Morgan fingerprint density at radius 3 is 2.56 bits per heavy atom. The Kier molecular flexibility index (Phi) is 11.3. The monoisotopic (exact) mass is 609 g/mol. The molecule has 1 N–H and O–H groups in total. The van der Waals surface area contributed by atoms with Crippen molar-refractivity contribution < 1.29 is 9.47 Å². The predicted octanol–water partition coefficient (Wildman–Crippen LogP) is 6.36. The summed E-state index contributed by atoms with van der Waals surface area (Å²) in [6.45, 7) is 4.42. The van der Waals surface area contributed by atoms with Gasteiger partial charge in [-0.15, -0.1) is 17.5 Å². The zero-order chi connectivity index (χ0) is 24.5. The molecule has 0 radical (unpaired) electrons. The molecule has 0 aliphatic heterocycles. The molecule has 3 aromatic carbocycles. The van der Waals surface area contributed by atoms with Crippen molar-refractivity contribution in [2.75, 3.05) is 18.9 Å². The van der Waals surface area contributed by atoms with Crippen molar-refractivity contribution in [1.29, 1.82) is 0 Å². The molecule has 0 aliphatic rings. The standard InChI is InChI=1S/C25H25BrClN5O2S.ClH/c1-2-33-23-15-19(14-22(26)24(23)34-17-18-8-10-20(27)11-9-18)16-28-12-13-35-25-29-30-31-32(25)21-6-4-3-5-7-21;/h3-11,14-15,28H,2,12-13,16-17H2,1H3;1H. The quantitative estimate of drug-likeness (QED) is 0.148. The van der Waals surface area contributed by atoms with Gasteiger partial charge in [0.2, 0.25) is 5.16 Å². The summed E-state index contributed by atoms with van der Waals surface area (Å²) >= 11 is 11.2. The van der Waals surface area contributed by atoms with Gasteiger partial charge in [-0.05, 0) is 80.8 Å². The van der Waals surface area contributed by atoms with E-state index in [2.05, 4.69) is 42.8 Å². The fourth-order valence-electron chi connectivity index (χ4n) is 3.31. The van der Waals surface area contributed by atoms with Crippen LogP contribution < -0.4 is 14.8 Å². The molecule has 1 aromatic heterocycles. The molecule has 4 aromatic rings. The molecule has 190 valence electrons. The lowest BCUT2D eigenvalue weighted by Gasteiger charge is -2.16. The number of hydrogen-bond acceptors (Lipinski definition) is 7. The number of aromatic nitrogens is 4. The van der Waals surface area contributed by atoms with E-state index in [0.29, 0.717) is 36.3 Å². The number of para-hydroxylation sites is 1. The molecule has 4 rings (SSSR count). The number of ether oxygens (including phenoxy) is 2. The number of hydrogen-bond donors (Lipinski definition) is 1. The van der Waals surface area contributed by atoms with E-state index in [1.807, 2.05) is 67.6 Å². The molecule has 0 bridgehead atoms. The SMILES string of the molecule is CCOc1cc(CNCCSc2nnnn2-c2ccccc2)cc(Br)c1OCc1ccc(Cl)cc1.Cl. The van der Waals surface area contributed by atoms with Crippen molar-refractivity contribution in [3.63, 3.8) is 0 Å². The molecule has 0 saturated carbocycles. The van der Waals surface area contributed by atoms with Crippen LogP contribution in [-0.4, -0.2) is 39.1 Å². The van der Waals surface area contributed by atoms with Crippen LogP contribution in [0.15, 0.2) is 76.4 Å². The Balaban J connectivity index is 0.00000361. The van der Waals surface area contributed by atoms with Crippen molar-refractivity contribution in [2.24, 2.45) is 0 Å². The number of tetrazole rings is 1. The van der Waals surface area contributed by atoms with E-state index in [-0.39, 0.29) is 12.4 Å². The summed E-state index contributed by atoms with van der Waals surface area (Å²) in [5, 5.41) is 17.0. The third kappa shape index (κ3) is 7.85. The number of rotatable bonds is 12. The molecule has 0 spiro atoms. The largest absolute Gasteiger partial charge is 0.490 e. The third-order valence-corrected chi connectivity index (χ3v) is 6.71. The lowest BCUT2D eigenvalue weighted by atomic mass is 10.2. The molecular formula is C25H26BrCl2N5O2S. The zero-order valence-corrected chi connectivity index (χ0v) is 23.5. The molecular weight excluding hydrogens is 585 g/mol. The van der Waals surface area contributed by atoms with E-state index in [4.69, 9.17) is 21.1 Å². The van der Waals surface area contributed by atoms with Crippen LogP contribution in [0.25, 0.3) is 5.69 Å². The van der Waals surface area contributed by atoms with Crippen molar-refractivity contribution in [2.45, 2.75) is 25.2 Å². The van der Waals surface area contributed by atoms with Crippen molar-refractivity contribution in [3.8, 4) is 17.2 Å². The first kappa shape index (κ1) is 28.3. The lowest BCUT2D eigenvalue weighted by Crippen LogP contribution is -2.17. The summed E-state index contributed by atoms with van der Waals surface area (Å²) in [6, 6.07) is 21.5. The van der Waals surface area contributed by atoms with Gasteiger partial charge in [0.25, 0.3) is 0 Å². The highest BCUT2D eigenvalue weighted by molar-refractivity contribution is 9.10. The normalized spacial score (nSPS) is 10.6. The zero-order valence-electron chi connectivity index (χ0n) is 19.6. The van der Waals surface area contributed by atoms with E-state index < -0.39 is 0 Å². The van der Waals surface area contributed by atoms with Gasteiger partial charge in [0.15, 0.2) is 11.5 Å². The average Bonchev–Trinajstić information content (AvgIpc) is 3.34. The fraction of sp³-hybridized carbons (Fsp3) is 0.240. The molecule has 0 saturated heterocycles. The van der Waals surface area contributed by atoms with Crippen LogP contribution in [0.1, 0.15) is 18.1 Å². The van der Waals surface area contributed by atoms with Crippen LogP contribution in [0, 0.1) is 0 Å². The van der Waals surface area contributed by atoms with Crippen LogP contribution >= 0.6 is 51.7 Å². The molecule has 0 amide bonds. The van der Waals surface area contributed by atoms with Gasteiger partial charge in [0, 0.05) is 23.9 Å². The minimum absolute atomic E-state index is 0. The third-order valence-electron chi connectivity index (χ3n) is 4.95. The first-order valence-corrected chi connectivity index (χ1v) is 13.3. The van der Waals surface area contributed by atoms with Gasteiger partial charge in [-0.2, -0.15) is 4.68 Å². The minimum atomic E-state index is 0. The van der Waals surface area contributed by atoms with Crippen molar-refractivity contribution >= 4 is 51.7 Å². The Bertz CT molecular complexity index is 1230. The molecule has 0 aliphatic carbocycles. The lowest BCUT2D eigenvalue weighted by molar-refractivity contribution is 0.267. The number of halogens is 3. The second-order valence-electron chi connectivity index (χ2n) is 7.49. The van der Waals surface area contributed by atoms with Crippen molar-refractivity contribution in [1.82, 2.24) is 25.5 Å². The highest BCUT2D eigenvalue weighted by atomic mass is 79.9. The fourth-order valence-corrected chi connectivity index (χ4v) is 4.83. The van der Waals surface area contributed by atoms with Crippen LogP contribution in [0.5, 0.6) is 11.5 Å². The maximum absolute atomic E-state index is 6.07. The van der Waals surface area contributed by atoms with Gasteiger partial charge in [0.05, 0.1) is 16.8 Å². The predicted molar refractivity (Wildman–Crippen MR) is 150 cm³/mol. The van der Waals surface area contributed by atoms with E-state index >= 15 is 0 Å². The van der Waals surface area contributed by atoms with Crippen LogP contribution in [0.3, 0.4) is 0 Å². The molecule has 0 fully saturated rings. The Labute approximate surface area is 234 Å². The highest BCUT2D eigenvalue weighted by Gasteiger charge is 2.13. The molecule has 0 atom stereocenters. The minimum Gasteiger partial charge on any atom is -0.490 e. The Hall–Kier alpha value is -2.30. The summed E-state index contributed by atoms with van der Waals surface area (Å²) < 4.78 is 14.5. The molecule has 1 heterocycles. The van der Waals surface area contributed by atoms with E-state index in [9.17, 15) is 0 Å². The molecule has 36 heavy (non-hydrogen) atoms. The van der Waals surface area contributed by atoms with Gasteiger partial charge >= 0.3 is 0 Å². The first-order valence-electron chi connectivity index (χ1n) is 11.1.